The summed E-state index contributed by atoms with van der Waals surface area (Å²) >= 11 is 1.48. The predicted octanol–water partition coefficient (Wildman–Crippen LogP) is 3.37. The van der Waals surface area contributed by atoms with Crippen LogP contribution in [0.15, 0.2) is 82.9 Å². The molecule has 3 N–H and O–H groups in total. The van der Waals surface area contributed by atoms with E-state index in [4.69, 9.17) is 0 Å². The Bertz CT molecular complexity index is 1010. The van der Waals surface area contributed by atoms with Crippen LogP contribution in [-0.4, -0.2) is 23.1 Å². The highest BCUT2D eigenvalue weighted by Crippen LogP contribution is 2.18. The van der Waals surface area contributed by atoms with Crippen LogP contribution in [-0.2, 0) is 4.79 Å². The van der Waals surface area contributed by atoms with Crippen molar-refractivity contribution in [2.24, 2.45) is 5.10 Å². The lowest BCUT2D eigenvalue weighted by atomic mass is 10.1. The van der Waals surface area contributed by atoms with E-state index in [2.05, 4.69) is 15.8 Å². The number of hydrazone groups is 1. The normalized spacial score (nSPS) is 11.4. The minimum absolute atomic E-state index is 0.0103. The second-order valence-electron chi connectivity index (χ2n) is 5.65. The van der Waals surface area contributed by atoms with E-state index in [1.54, 1.807) is 48.5 Å². The fourth-order valence-corrected chi connectivity index (χ4v) is 2.87. The highest BCUT2D eigenvalue weighted by molar-refractivity contribution is 7.11. The highest BCUT2D eigenvalue weighted by atomic mass is 32.1. The second-order valence-corrected chi connectivity index (χ2v) is 6.63. The first-order valence-electron chi connectivity index (χ1n) is 8.36. The largest absolute Gasteiger partial charge is 0.507 e. The molecule has 6 nitrogen and oxygen atoms in total. The molecule has 0 radical (unpaired) electrons. The number of aromatic hydroxyl groups is 1. The number of nitrogens with one attached hydrogen (secondary N) is 2. The van der Waals surface area contributed by atoms with Crippen molar-refractivity contribution in [1.29, 1.82) is 0 Å². The van der Waals surface area contributed by atoms with Gasteiger partial charge in [0.25, 0.3) is 11.8 Å². The lowest BCUT2D eigenvalue weighted by Crippen LogP contribution is -2.32. The van der Waals surface area contributed by atoms with Crippen molar-refractivity contribution in [3.05, 3.63) is 93.8 Å². The molecule has 2 amide bonds. The Hall–Kier alpha value is -3.71. The molecule has 1 heterocycles. The van der Waals surface area contributed by atoms with Crippen LogP contribution in [0.2, 0.25) is 0 Å². The molecule has 0 fully saturated rings. The molecule has 28 heavy (non-hydrogen) atoms. The van der Waals surface area contributed by atoms with Crippen LogP contribution in [0, 0.1) is 0 Å². The van der Waals surface area contributed by atoms with Gasteiger partial charge in [-0.25, -0.2) is 5.43 Å². The van der Waals surface area contributed by atoms with E-state index in [9.17, 15) is 14.7 Å². The lowest BCUT2D eigenvalue weighted by Gasteiger charge is -2.09. The van der Waals surface area contributed by atoms with Crippen LogP contribution in [0.4, 0.5) is 0 Å². The van der Waals surface area contributed by atoms with Gasteiger partial charge < -0.3 is 10.4 Å². The molecule has 1 aromatic heterocycles. The fourth-order valence-electron chi connectivity index (χ4n) is 2.29. The van der Waals surface area contributed by atoms with E-state index in [0.717, 1.165) is 4.88 Å². The maximum absolute atomic E-state index is 12.6. The van der Waals surface area contributed by atoms with Crippen molar-refractivity contribution >= 4 is 35.4 Å². The molecule has 0 saturated carbocycles. The number of phenolic OH excluding ortho intramolecular Hbond substituents is 1. The van der Waals surface area contributed by atoms with Crippen LogP contribution in [0.3, 0.4) is 0 Å². The second kappa shape index (κ2) is 9.29. The van der Waals surface area contributed by atoms with Gasteiger partial charge in [-0.05, 0) is 35.7 Å². The van der Waals surface area contributed by atoms with Crippen molar-refractivity contribution in [2.45, 2.75) is 0 Å². The van der Waals surface area contributed by atoms with Crippen molar-refractivity contribution in [1.82, 2.24) is 10.7 Å². The number of para-hydroxylation sites is 1. The molecular weight excluding hydrogens is 374 g/mol. The third kappa shape index (κ3) is 5.15. The number of nitrogens with zero attached hydrogens (tertiary/aromatic N) is 1. The summed E-state index contributed by atoms with van der Waals surface area (Å²) in [6.07, 6.45) is 2.91. The lowest BCUT2D eigenvalue weighted by molar-refractivity contribution is -0.117. The molecule has 0 saturated heterocycles. The third-order valence-corrected chi connectivity index (χ3v) is 4.47. The molecule has 3 aromatic rings. The van der Waals surface area contributed by atoms with Gasteiger partial charge in [0.05, 0.1) is 6.21 Å². The molecule has 0 aliphatic rings. The molecule has 2 aromatic carbocycles. The van der Waals surface area contributed by atoms with Crippen molar-refractivity contribution in [2.75, 3.05) is 0 Å². The van der Waals surface area contributed by atoms with Gasteiger partial charge in [0, 0.05) is 16.0 Å². The zero-order valence-electron chi connectivity index (χ0n) is 14.7. The van der Waals surface area contributed by atoms with E-state index < -0.39 is 11.8 Å². The summed E-state index contributed by atoms with van der Waals surface area (Å²) in [5.41, 5.74) is 3.14. The maximum atomic E-state index is 12.6. The van der Waals surface area contributed by atoms with E-state index in [0.29, 0.717) is 11.1 Å². The molecule has 0 aliphatic heterocycles. The third-order valence-electron chi connectivity index (χ3n) is 3.67. The van der Waals surface area contributed by atoms with Gasteiger partial charge in [0.15, 0.2) is 0 Å². The number of amides is 2. The van der Waals surface area contributed by atoms with Crippen LogP contribution in [0.5, 0.6) is 5.75 Å². The van der Waals surface area contributed by atoms with Gasteiger partial charge in [-0.15, -0.1) is 11.3 Å². The zero-order chi connectivity index (χ0) is 19.8. The molecule has 140 valence electrons. The Morgan fingerprint density at radius 2 is 1.71 bits per heavy atom. The highest BCUT2D eigenvalue weighted by Gasteiger charge is 2.15. The number of hydrogen-bond donors (Lipinski definition) is 3. The molecule has 3 rings (SSSR count). The number of hydrogen-bond acceptors (Lipinski definition) is 5. The van der Waals surface area contributed by atoms with E-state index >= 15 is 0 Å². The van der Waals surface area contributed by atoms with E-state index in [1.165, 1.54) is 29.7 Å². The van der Waals surface area contributed by atoms with Crippen LogP contribution in [0.25, 0.3) is 6.08 Å². The van der Waals surface area contributed by atoms with Crippen LogP contribution in [0.1, 0.15) is 20.8 Å². The van der Waals surface area contributed by atoms with Crippen molar-refractivity contribution < 1.29 is 14.7 Å². The molecule has 0 spiro atoms. The molecule has 0 unspecified atom stereocenters. The quantitative estimate of drug-likeness (QED) is 0.342. The Balaban J connectivity index is 1.82. The Morgan fingerprint density at radius 3 is 2.43 bits per heavy atom. The minimum Gasteiger partial charge on any atom is -0.507 e. The average molecular weight is 391 g/mol. The van der Waals surface area contributed by atoms with Gasteiger partial charge in [-0.1, -0.05) is 42.5 Å². The standard InChI is InChI=1S/C21H17N3O3S/c25-19-11-5-4-9-16(19)13-18(23-20(26)15-7-2-1-3-8-15)21(27)24-22-14-17-10-6-12-28-17/h1-14,25H,(H,23,26)(H,24,27). The van der Waals surface area contributed by atoms with Gasteiger partial charge in [0.2, 0.25) is 0 Å². The number of rotatable bonds is 6. The van der Waals surface area contributed by atoms with Crippen LogP contribution < -0.4 is 10.7 Å². The summed E-state index contributed by atoms with van der Waals surface area (Å²) in [4.78, 5) is 25.9. The van der Waals surface area contributed by atoms with Gasteiger partial charge in [0.1, 0.15) is 11.4 Å². The summed E-state index contributed by atoms with van der Waals surface area (Å²) in [6, 6.07) is 18.8. The predicted molar refractivity (Wildman–Crippen MR) is 110 cm³/mol. The SMILES string of the molecule is O=C(NN=Cc1cccs1)C(=Cc1ccccc1O)NC(=O)c1ccccc1. The molecule has 0 aliphatic carbocycles. The van der Waals surface area contributed by atoms with Gasteiger partial charge in [-0.2, -0.15) is 5.10 Å². The smallest absolute Gasteiger partial charge is 0.287 e. The molecular formula is C21H17N3O3S. The zero-order valence-corrected chi connectivity index (χ0v) is 15.5. The fraction of sp³-hybridized carbons (Fsp3) is 0. The summed E-state index contributed by atoms with van der Waals surface area (Å²) in [5, 5.41) is 18.4. The number of benzene rings is 2. The summed E-state index contributed by atoms with van der Waals surface area (Å²) < 4.78 is 0. The minimum atomic E-state index is -0.611. The van der Waals surface area contributed by atoms with E-state index in [-0.39, 0.29) is 11.4 Å². The summed E-state index contributed by atoms with van der Waals surface area (Å²) in [6.45, 7) is 0. The van der Waals surface area contributed by atoms with Crippen molar-refractivity contribution in [3.63, 3.8) is 0 Å². The number of thiophene rings is 1. The Labute approximate surface area is 165 Å². The van der Waals surface area contributed by atoms with Gasteiger partial charge >= 0.3 is 0 Å². The van der Waals surface area contributed by atoms with Gasteiger partial charge in [-0.3, -0.25) is 9.59 Å². The topological polar surface area (TPSA) is 90.8 Å². The first-order valence-corrected chi connectivity index (χ1v) is 9.24. The first kappa shape index (κ1) is 19.1. The van der Waals surface area contributed by atoms with Crippen molar-refractivity contribution in [3.8, 4) is 5.75 Å². The monoisotopic (exact) mass is 391 g/mol. The average Bonchev–Trinajstić information content (AvgIpc) is 3.23. The summed E-state index contributed by atoms with van der Waals surface area (Å²) in [7, 11) is 0. The van der Waals surface area contributed by atoms with E-state index in [1.807, 2.05) is 17.5 Å². The molecule has 0 atom stereocenters. The molecule has 7 heteroatoms. The maximum Gasteiger partial charge on any atom is 0.287 e. The molecule has 0 bridgehead atoms. The number of phenols is 1. The Morgan fingerprint density at radius 1 is 0.964 bits per heavy atom. The van der Waals surface area contributed by atoms with Crippen LogP contribution >= 0.6 is 11.3 Å². The summed E-state index contributed by atoms with van der Waals surface area (Å²) in [5.74, 6) is -1.07. The number of carbonyl (C=O) groups is 2. The number of carbonyl (C=O) groups excluding carboxylic acids is 2. The Kier molecular flexibility index (Phi) is 6.33. The first-order chi connectivity index (χ1) is 13.6.